The van der Waals surface area contributed by atoms with E-state index >= 15 is 0 Å². The highest BCUT2D eigenvalue weighted by Crippen LogP contribution is 2.23. The zero-order valence-corrected chi connectivity index (χ0v) is 15.6. The molecule has 27 heavy (non-hydrogen) atoms. The van der Waals surface area contributed by atoms with Gasteiger partial charge in [0.15, 0.2) is 0 Å². The van der Waals surface area contributed by atoms with Crippen LogP contribution >= 0.6 is 0 Å². The van der Waals surface area contributed by atoms with Crippen LogP contribution in [0.1, 0.15) is 27.7 Å². The predicted molar refractivity (Wildman–Crippen MR) is 108 cm³/mol. The van der Waals surface area contributed by atoms with E-state index in [1.165, 1.54) is 0 Å². The molecule has 0 radical (unpaired) electrons. The van der Waals surface area contributed by atoms with Crippen molar-refractivity contribution < 1.29 is 9.53 Å². The summed E-state index contributed by atoms with van der Waals surface area (Å²) in [6.07, 6.45) is -0.485. The SMILES string of the molecule is CN(C)C(=O)c1cccc(-c2ccc(C(N)OCc3ccccc3)cc2)c1. The number of carbonyl (C=O) groups is 1. The lowest BCUT2D eigenvalue weighted by atomic mass is 10.0. The molecule has 0 aromatic heterocycles. The zero-order valence-electron chi connectivity index (χ0n) is 15.6. The van der Waals surface area contributed by atoms with Gasteiger partial charge in [0.2, 0.25) is 0 Å². The second-order valence-corrected chi connectivity index (χ2v) is 6.62. The topological polar surface area (TPSA) is 55.6 Å². The largest absolute Gasteiger partial charge is 0.355 e. The lowest BCUT2D eigenvalue weighted by molar-refractivity contribution is 0.0441. The Labute approximate surface area is 160 Å². The Morgan fingerprint density at radius 1 is 0.926 bits per heavy atom. The van der Waals surface area contributed by atoms with Gasteiger partial charge in [0.05, 0.1) is 6.61 Å². The standard InChI is InChI=1S/C23H24N2O2/c1-25(2)23(26)21-10-6-9-20(15-21)18-11-13-19(14-12-18)22(24)27-16-17-7-4-3-5-8-17/h3-15,22H,16,24H2,1-2H3. The molecule has 0 aliphatic rings. The smallest absolute Gasteiger partial charge is 0.253 e. The second-order valence-electron chi connectivity index (χ2n) is 6.62. The van der Waals surface area contributed by atoms with Crippen LogP contribution in [0.15, 0.2) is 78.9 Å². The van der Waals surface area contributed by atoms with E-state index in [0.717, 1.165) is 22.3 Å². The Morgan fingerprint density at radius 3 is 2.30 bits per heavy atom. The van der Waals surface area contributed by atoms with E-state index in [9.17, 15) is 4.79 Å². The third-order valence-corrected chi connectivity index (χ3v) is 4.36. The number of nitrogens with two attached hydrogens (primary N) is 1. The van der Waals surface area contributed by atoms with E-state index in [2.05, 4.69) is 0 Å². The maximum absolute atomic E-state index is 12.2. The van der Waals surface area contributed by atoms with Gasteiger partial charge in [-0.2, -0.15) is 0 Å². The highest BCUT2D eigenvalue weighted by Gasteiger charge is 2.10. The van der Waals surface area contributed by atoms with E-state index < -0.39 is 6.23 Å². The monoisotopic (exact) mass is 360 g/mol. The Balaban J connectivity index is 1.70. The summed E-state index contributed by atoms with van der Waals surface area (Å²) in [6, 6.07) is 25.5. The van der Waals surface area contributed by atoms with Gasteiger partial charge in [-0.05, 0) is 34.4 Å². The maximum atomic E-state index is 12.2. The predicted octanol–water partition coefficient (Wildman–Crippen LogP) is 4.23. The highest BCUT2D eigenvalue weighted by atomic mass is 16.5. The first-order chi connectivity index (χ1) is 13.0. The van der Waals surface area contributed by atoms with E-state index in [4.69, 9.17) is 10.5 Å². The van der Waals surface area contributed by atoms with E-state index in [0.29, 0.717) is 12.2 Å². The Morgan fingerprint density at radius 2 is 1.63 bits per heavy atom. The molecule has 0 spiro atoms. The molecule has 4 heteroatoms. The summed E-state index contributed by atoms with van der Waals surface area (Å²) in [7, 11) is 3.50. The van der Waals surface area contributed by atoms with Crippen LogP contribution in [0.3, 0.4) is 0 Å². The molecule has 2 N–H and O–H groups in total. The van der Waals surface area contributed by atoms with Crippen molar-refractivity contribution >= 4 is 5.91 Å². The fourth-order valence-corrected chi connectivity index (χ4v) is 2.81. The van der Waals surface area contributed by atoms with E-state index in [1.54, 1.807) is 19.0 Å². The quantitative estimate of drug-likeness (QED) is 0.669. The molecule has 0 aliphatic carbocycles. The fourth-order valence-electron chi connectivity index (χ4n) is 2.81. The number of hydrogen-bond acceptors (Lipinski definition) is 3. The zero-order chi connectivity index (χ0) is 19.2. The molecule has 1 unspecified atom stereocenters. The summed E-state index contributed by atoms with van der Waals surface area (Å²) in [5, 5.41) is 0. The van der Waals surface area contributed by atoms with Crippen molar-refractivity contribution in [2.45, 2.75) is 12.8 Å². The van der Waals surface area contributed by atoms with Crippen LogP contribution in [0, 0.1) is 0 Å². The normalized spacial score (nSPS) is 11.8. The van der Waals surface area contributed by atoms with Crippen molar-refractivity contribution in [3.63, 3.8) is 0 Å². The minimum absolute atomic E-state index is 0.00944. The molecule has 0 bridgehead atoms. The number of benzene rings is 3. The van der Waals surface area contributed by atoms with Crippen LogP contribution in [0.5, 0.6) is 0 Å². The summed E-state index contributed by atoms with van der Waals surface area (Å²) in [5.74, 6) is -0.00944. The summed E-state index contributed by atoms with van der Waals surface area (Å²) < 4.78 is 5.76. The molecule has 0 aliphatic heterocycles. The van der Waals surface area contributed by atoms with Gasteiger partial charge in [0.1, 0.15) is 6.23 Å². The molecule has 0 saturated carbocycles. The fraction of sp³-hybridized carbons (Fsp3) is 0.174. The number of amides is 1. The second kappa shape index (κ2) is 8.62. The molecule has 1 amide bonds. The van der Waals surface area contributed by atoms with Crippen LogP contribution in [0.2, 0.25) is 0 Å². The molecular formula is C23H24N2O2. The first-order valence-corrected chi connectivity index (χ1v) is 8.88. The van der Waals surface area contributed by atoms with Crippen molar-refractivity contribution in [1.82, 2.24) is 4.90 Å². The van der Waals surface area contributed by atoms with Crippen LogP contribution < -0.4 is 5.73 Å². The maximum Gasteiger partial charge on any atom is 0.253 e. The van der Waals surface area contributed by atoms with Crippen LogP contribution in [-0.2, 0) is 11.3 Å². The highest BCUT2D eigenvalue weighted by molar-refractivity contribution is 5.95. The summed E-state index contributed by atoms with van der Waals surface area (Å²) in [4.78, 5) is 13.7. The third kappa shape index (κ3) is 4.82. The minimum Gasteiger partial charge on any atom is -0.355 e. The van der Waals surface area contributed by atoms with E-state index in [1.807, 2.05) is 78.9 Å². The Hall–Kier alpha value is -2.95. The average molecular weight is 360 g/mol. The van der Waals surface area contributed by atoms with Gasteiger partial charge in [-0.25, -0.2) is 0 Å². The van der Waals surface area contributed by atoms with Gasteiger partial charge in [0, 0.05) is 19.7 Å². The van der Waals surface area contributed by atoms with Crippen LogP contribution in [0.25, 0.3) is 11.1 Å². The molecule has 138 valence electrons. The number of ether oxygens (including phenoxy) is 1. The van der Waals surface area contributed by atoms with Crippen LogP contribution in [-0.4, -0.2) is 24.9 Å². The van der Waals surface area contributed by atoms with Crippen molar-refractivity contribution in [3.05, 3.63) is 95.6 Å². The Kier molecular flexibility index (Phi) is 6.01. The minimum atomic E-state index is -0.485. The van der Waals surface area contributed by atoms with Crippen molar-refractivity contribution in [1.29, 1.82) is 0 Å². The molecule has 3 aromatic rings. The molecule has 0 saturated heterocycles. The van der Waals surface area contributed by atoms with Gasteiger partial charge in [0.25, 0.3) is 5.91 Å². The first-order valence-electron chi connectivity index (χ1n) is 8.88. The number of nitrogens with zero attached hydrogens (tertiary/aromatic N) is 1. The number of carbonyl (C=O) groups excluding carboxylic acids is 1. The number of hydrogen-bond donors (Lipinski definition) is 1. The Bertz CT molecular complexity index is 890. The first kappa shape index (κ1) is 18.8. The average Bonchev–Trinajstić information content (AvgIpc) is 2.72. The van der Waals surface area contributed by atoms with Gasteiger partial charge in [-0.3, -0.25) is 4.79 Å². The molecule has 1 atom stereocenters. The van der Waals surface area contributed by atoms with Crippen molar-refractivity contribution in [3.8, 4) is 11.1 Å². The lowest BCUT2D eigenvalue weighted by Gasteiger charge is -2.14. The molecule has 0 fully saturated rings. The van der Waals surface area contributed by atoms with Gasteiger partial charge in [-0.1, -0.05) is 66.7 Å². The molecule has 3 aromatic carbocycles. The van der Waals surface area contributed by atoms with E-state index in [-0.39, 0.29) is 5.91 Å². The molecular weight excluding hydrogens is 336 g/mol. The van der Waals surface area contributed by atoms with Gasteiger partial charge >= 0.3 is 0 Å². The summed E-state index contributed by atoms with van der Waals surface area (Å²) >= 11 is 0. The van der Waals surface area contributed by atoms with Crippen molar-refractivity contribution in [2.75, 3.05) is 14.1 Å². The van der Waals surface area contributed by atoms with Crippen molar-refractivity contribution in [2.24, 2.45) is 5.73 Å². The molecule has 4 nitrogen and oxygen atoms in total. The number of rotatable bonds is 6. The molecule has 3 rings (SSSR count). The van der Waals surface area contributed by atoms with Crippen LogP contribution in [0.4, 0.5) is 0 Å². The molecule has 0 heterocycles. The van der Waals surface area contributed by atoms with Gasteiger partial charge < -0.3 is 15.4 Å². The lowest BCUT2D eigenvalue weighted by Crippen LogP contribution is -2.21. The summed E-state index contributed by atoms with van der Waals surface area (Å²) in [5.41, 5.74) is 10.9. The van der Waals surface area contributed by atoms with Gasteiger partial charge in [-0.15, -0.1) is 0 Å². The third-order valence-electron chi connectivity index (χ3n) is 4.36. The summed E-state index contributed by atoms with van der Waals surface area (Å²) in [6.45, 7) is 0.471.